The van der Waals surface area contributed by atoms with Gasteiger partial charge < -0.3 is 24.8 Å². The van der Waals surface area contributed by atoms with Crippen LogP contribution in [-0.2, 0) is 19.1 Å². The fourth-order valence-electron chi connectivity index (χ4n) is 1.75. The molecule has 2 unspecified atom stereocenters. The van der Waals surface area contributed by atoms with E-state index < -0.39 is 24.0 Å². The topological polar surface area (TPSA) is 105 Å². The highest BCUT2D eigenvalue weighted by atomic mass is 16.5. The van der Waals surface area contributed by atoms with Crippen molar-refractivity contribution < 1.29 is 29.0 Å². The first-order chi connectivity index (χ1) is 8.49. The van der Waals surface area contributed by atoms with Gasteiger partial charge in [0, 0.05) is 20.1 Å². The maximum atomic E-state index is 11.7. The van der Waals surface area contributed by atoms with Gasteiger partial charge in [0.25, 0.3) is 0 Å². The zero-order chi connectivity index (χ0) is 13.7. The predicted molar refractivity (Wildman–Crippen MR) is 59.0 cm³/mol. The molecule has 1 aliphatic heterocycles. The van der Waals surface area contributed by atoms with Gasteiger partial charge in [0.1, 0.15) is 12.6 Å². The van der Waals surface area contributed by atoms with Crippen molar-refractivity contribution in [3.8, 4) is 0 Å². The number of hydrogen-bond acceptors (Lipinski definition) is 5. The maximum absolute atomic E-state index is 11.7. The van der Waals surface area contributed by atoms with E-state index >= 15 is 0 Å². The lowest BCUT2D eigenvalue weighted by Crippen LogP contribution is -2.47. The van der Waals surface area contributed by atoms with Crippen molar-refractivity contribution in [1.29, 1.82) is 0 Å². The van der Waals surface area contributed by atoms with Gasteiger partial charge in [-0.1, -0.05) is 0 Å². The summed E-state index contributed by atoms with van der Waals surface area (Å²) in [7, 11) is 2.66. The van der Waals surface area contributed by atoms with Crippen molar-refractivity contribution in [3.05, 3.63) is 0 Å². The Morgan fingerprint density at radius 3 is 2.56 bits per heavy atom. The van der Waals surface area contributed by atoms with Crippen molar-refractivity contribution in [3.63, 3.8) is 0 Å². The van der Waals surface area contributed by atoms with Gasteiger partial charge >= 0.3 is 18.0 Å². The van der Waals surface area contributed by atoms with Crippen LogP contribution in [0.25, 0.3) is 0 Å². The van der Waals surface area contributed by atoms with Crippen molar-refractivity contribution in [2.45, 2.75) is 18.6 Å². The van der Waals surface area contributed by atoms with Gasteiger partial charge in [-0.15, -0.1) is 0 Å². The molecule has 18 heavy (non-hydrogen) atoms. The van der Waals surface area contributed by atoms with Gasteiger partial charge in [0.15, 0.2) is 0 Å². The number of carbonyl (C=O) groups is 3. The fourth-order valence-corrected chi connectivity index (χ4v) is 1.75. The Morgan fingerprint density at radius 2 is 2.06 bits per heavy atom. The molecule has 8 heteroatoms. The molecule has 0 bridgehead atoms. The minimum Gasteiger partial charge on any atom is -0.480 e. The van der Waals surface area contributed by atoms with E-state index in [2.05, 4.69) is 10.1 Å². The fraction of sp³-hybridized carbons (Fsp3) is 0.700. The number of urea groups is 1. The number of nitrogens with one attached hydrogen (secondary N) is 1. The molecule has 0 spiro atoms. The standard InChI is InChI=1S/C10H16N2O6/c1-17-6-3-7(9(14)15)12(5-6)10(16)11-4-8(13)18-2/h6-7H,3-5H2,1-2H3,(H,11,16)(H,14,15). The van der Waals surface area contributed by atoms with E-state index in [9.17, 15) is 14.4 Å². The van der Waals surface area contributed by atoms with Gasteiger partial charge in [-0.3, -0.25) is 4.79 Å². The SMILES string of the molecule is COC(=O)CNC(=O)N1CC(OC)CC1C(=O)O. The van der Waals surface area contributed by atoms with Crippen molar-refractivity contribution in [1.82, 2.24) is 10.2 Å². The second kappa shape index (κ2) is 6.20. The molecule has 2 N–H and O–H groups in total. The van der Waals surface area contributed by atoms with E-state index in [1.54, 1.807) is 0 Å². The molecule has 1 aliphatic rings. The van der Waals surface area contributed by atoms with Crippen molar-refractivity contribution in [2.24, 2.45) is 0 Å². The molecule has 0 aromatic heterocycles. The van der Waals surface area contributed by atoms with Gasteiger partial charge in [0.05, 0.1) is 13.2 Å². The highest BCUT2D eigenvalue weighted by molar-refractivity contribution is 5.85. The first kappa shape index (κ1) is 14.2. The molecule has 0 aromatic carbocycles. The first-order valence-electron chi connectivity index (χ1n) is 5.36. The Labute approximate surface area is 104 Å². The van der Waals surface area contributed by atoms with Crippen LogP contribution >= 0.6 is 0 Å². The Bertz CT molecular complexity index is 345. The smallest absolute Gasteiger partial charge is 0.326 e. The molecule has 102 valence electrons. The Kier molecular flexibility index (Phi) is 4.90. The van der Waals surface area contributed by atoms with E-state index in [4.69, 9.17) is 9.84 Å². The number of nitrogens with zero attached hydrogens (tertiary/aromatic N) is 1. The Hall–Kier alpha value is -1.83. The summed E-state index contributed by atoms with van der Waals surface area (Å²) >= 11 is 0. The highest BCUT2D eigenvalue weighted by Crippen LogP contribution is 2.20. The van der Waals surface area contributed by atoms with Crippen LogP contribution in [0.1, 0.15) is 6.42 Å². The molecule has 1 rings (SSSR count). The summed E-state index contributed by atoms with van der Waals surface area (Å²) < 4.78 is 9.41. The summed E-state index contributed by atoms with van der Waals surface area (Å²) in [6.45, 7) is -0.115. The summed E-state index contributed by atoms with van der Waals surface area (Å²) in [5, 5.41) is 11.3. The largest absolute Gasteiger partial charge is 0.480 e. The maximum Gasteiger partial charge on any atom is 0.326 e. The number of carboxylic acids is 1. The molecular formula is C10H16N2O6. The zero-order valence-corrected chi connectivity index (χ0v) is 10.2. The summed E-state index contributed by atoms with van der Waals surface area (Å²) in [4.78, 5) is 34.7. The lowest BCUT2D eigenvalue weighted by atomic mass is 10.2. The number of ether oxygens (including phenoxy) is 2. The second-order valence-electron chi connectivity index (χ2n) is 3.83. The molecule has 2 amide bonds. The van der Waals surface area contributed by atoms with E-state index in [0.29, 0.717) is 0 Å². The van der Waals surface area contributed by atoms with Crippen LogP contribution in [0.2, 0.25) is 0 Å². The number of methoxy groups -OCH3 is 2. The number of amides is 2. The monoisotopic (exact) mass is 260 g/mol. The molecule has 8 nitrogen and oxygen atoms in total. The van der Waals surface area contributed by atoms with E-state index in [1.165, 1.54) is 14.2 Å². The molecule has 1 heterocycles. The number of carbonyl (C=O) groups excluding carboxylic acids is 2. The van der Waals surface area contributed by atoms with Gasteiger partial charge in [0.2, 0.25) is 0 Å². The summed E-state index contributed by atoms with van der Waals surface area (Å²) in [5.74, 6) is -1.69. The third-order valence-corrected chi connectivity index (χ3v) is 2.75. The molecular weight excluding hydrogens is 244 g/mol. The number of likely N-dealkylation sites (tertiary alicyclic amines) is 1. The van der Waals surface area contributed by atoms with Crippen LogP contribution in [0.15, 0.2) is 0 Å². The van der Waals surface area contributed by atoms with Crippen molar-refractivity contribution >= 4 is 18.0 Å². The average molecular weight is 260 g/mol. The number of hydrogen-bond donors (Lipinski definition) is 2. The van der Waals surface area contributed by atoms with Crippen LogP contribution in [0.5, 0.6) is 0 Å². The molecule has 0 aromatic rings. The molecule has 0 radical (unpaired) electrons. The van der Waals surface area contributed by atoms with Crippen molar-refractivity contribution in [2.75, 3.05) is 27.3 Å². The molecule has 1 saturated heterocycles. The molecule has 1 fully saturated rings. The average Bonchev–Trinajstić information content (AvgIpc) is 2.79. The normalized spacial score (nSPS) is 22.7. The van der Waals surface area contributed by atoms with Gasteiger partial charge in [-0.2, -0.15) is 0 Å². The van der Waals surface area contributed by atoms with Crippen LogP contribution in [0, 0.1) is 0 Å². The zero-order valence-electron chi connectivity index (χ0n) is 10.2. The van der Waals surface area contributed by atoms with Gasteiger partial charge in [-0.05, 0) is 0 Å². The van der Waals surface area contributed by atoms with Gasteiger partial charge in [-0.25, -0.2) is 9.59 Å². The number of esters is 1. The van der Waals surface area contributed by atoms with Crippen LogP contribution in [0.4, 0.5) is 4.79 Å². The minimum absolute atomic E-state index is 0.181. The lowest BCUT2D eigenvalue weighted by molar-refractivity contribution is -0.141. The third-order valence-electron chi connectivity index (χ3n) is 2.75. The highest BCUT2D eigenvalue weighted by Gasteiger charge is 2.39. The number of rotatable bonds is 4. The Morgan fingerprint density at radius 1 is 1.39 bits per heavy atom. The lowest BCUT2D eigenvalue weighted by Gasteiger charge is -2.21. The predicted octanol–water partition coefficient (Wildman–Crippen LogP) is -0.957. The van der Waals surface area contributed by atoms with Crippen LogP contribution < -0.4 is 5.32 Å². The quantitative estimate of drug-likeness (QED) is 0.631. The molecule has 2 atom stereocenters. The second-order valence-corrected chi connectivity index (χ2v) is 3.83. The molecule has 0 saturated carbocycles. The van der Waals surface area contributed by atoms with E-state index in [-0.39, 0.29) is 25.6 Å². The summed E-state index contributed by atoms with van der Waals surface area (Å²) in [6.07, 6.45) is -0.0766. The third kappa shape index (κ3) is 3.33. The van der Waals surface area contributed by atoms with Crippen LogP contribution in [0.3, 0.4) is 0 Å². The van der Waals surface area contributed by atoms with E-state index in [0.717, 1.165) is 4.90 Å². The minimum atomic E-state index is -1.09. The molecule has 0 aliphatic carbocycles. The summed E-state index contributed by atoms with van der Waals surface area (Å²) in [5.41, 5.74) is 0. The van der Waals surface area contributed by atoms with Crippen LogP contribution in [-0.4, -0.2) is 67.4 Å². The first-order valence-corrected chi connectivity index (χ1v) is 5.36. The summed E-state index contributed by atoms with van der Waals surface area (Å²) in [6, 6.07) is -1.56. The Balaban J connectivity index is 2.59. The van der Waals surface area contributed by atoms with E-state index in [1.807, 2.05) is 0 Å². The number of carboxylic acid groups (broad SMARTS) is 1. The number of aliphatic carboxylic acids is 1.